The first-order chi connectivity index (χ1) is 15.9. The first kappa shape index (κ1) is 22.0. The Labute approximate surface area is 192 Å². The van der Waals surface area contributed by atoms with E-state index in [1.807, 2.05) is 42.5 Å². The lowest BCUT2D eigenvalue weighted by Gasteiger charge is -2.07. The number of methoxy groups -OCH3 is 2. The number of hydrogen-bond acceptors (Lipinski definition) is 5. The van der Waals surface area contributed by atoms with Crippen LogP contribution in [0, 0.1) is 13.8 Å². The van der Waals surface area contributed by atoms with Crippen LogP contribution in [0.15, 0.2) is 72.8 Å². The van der Waals surface area contributed by atoms with Gasteiger partial charge in [0.05, 0.1) is 19.9 Å². The molecule has 0 aliphatic rings. The van der Waals surface area contributed by atoms with Gasteiger partial charge in [0.15, 0.2) is 5.69 Å². The average Bonchev–Trinajstić information content (AvgIpc) is 3.26. The van der Waals surface area contributed by atoms with Gasteiger partial charge in [0.2, 0.25) is 0 Å². The van der Waals surface area contributed by atoms with Gasteiger partial charge in [-0.15, -0.1) is 0 Å². The van der Waals surface area contributed by atoms with Gasteiger partial charge in [-0.05, 0) is 48.2 Å². The molecule has 0 bridgehead atoms. The van der Waals surface area contributed by atoms with Crippen LogP contribution in [0.3, 0.4) is 0 Å². The number of para-hydroxylation sites is 1. The van der Waals surface area contributed by atoms with E-state index in [0.29, 0.717) is 16.9 Å². The van der Waals surface area contributed by atoms with Crippen molar-refractivity contribution in [2.45, 2.75) is 13.8 Å². The first-order valence-corrected chi connectivity index (χ1v) is 10.5. The van der Waals surface area contributed by atoms with E-state index < -0.39 is 11.9 Å². The van der Waals surface area contributed by atoms with Crippen LogP contribution in [-0.2, 0) is 9.47 Å². The van der Waals surface area contributed by atoms with Crippen LogP contribution in [0.25, 0.3) is 28.1 Å². The van der Waals surface area contributed by atoms with Gasteiger partial charge in [-0.2, -0.15) is 5.10 Å². The predicted molar refractivity (Wildman–Crippen MR) is 127 cm³/mol. The molecule has 4 rings (SSSR count). The van der Waals surface area contributed by atoms with E-state index in [-0.39, 0.29) is 11.3 Å². The van der Waals surface area contributed by atoms with E-state index in [0.717, 1.165) is 11.1 Å². The molecule has 1 aromatic heterocycles. The number of carbonyl (C=O) groups excluding carboxylic acids is 2. The number of aromatic nitrogens is 2. The molecule has 0 radical (unpaired) electrons. The second-order valence-corrected chi connectivity index (χ2v) is 7.68. The molecule has 1 heterocycles. The van der Waals surface area contributed by atoms with Gasteiger partial charge in [-0.3, -0.25) is 0 Å². The second kappa shape index (κ2) is 9.12. The van der Waals surface area contributed by atoms with Crippen LogP contribution in [-0.4, -0.2) is 35.9 Å². The Bertz CT molecular complexity index is 1320. The van der Waals surface area contributed by atoms with Gasteiger partial charge < -0.3 is 9.47 Å². The monoisotopic (exact) mass is 440 g/mol. The standard InChI is InChI=1S/C27H24N2O4/c1-17-10-11-21(16-18(17)2)19-12-14-20(15-13-19)24-23(26(30)32-3)25(27(31)33-4)29(28-24)22-8-6-5-7-9-22/h5-16H,1-4H3. The molecule has 4 aromatic rings. The molecule has 0 fully saturated rings. The summed E-state index contributed by atoms with van der Waals surface area (Å²) in [6.45, 7) is 4.17. The third-order valence-corrected chi connectivity index (χ3v) is 5.65. The van der Waals surface area contributed by atoms with Crippen LogP contribution in [0.2, 0.25) is 0 Å². The van der Waals surface area contributed by atoms with Crippen LogP contribution in [0.5, 0.6) is 0 Å². The fourth-order valence-corrected chi connectivity index (χ4v) is 3.70. The normalized spacial score (nSPS) is 10.7. The Kier molecular flexibility index (Phi) is 6.09. The number of esters is 2. The highest BCUT2D eigenvalue weighted by atomic mass is 16.5. The van der Waals surface area contributed by atoms with Crippen molar-refractivity contribution in [1.82, 2.24) is 9.78 Å². The molecule has 0 aliphatic heterocycles. The van der Waals surface area contributed by atoms with Gasteiger partial charge >= 0.3 is 11.9 Å². The topological polar surface area (TPSA) is 70.4 Å². The molecule has 0 saturated carbocycles. The van der Waals surface area contributed by atoms with Crippen molar-refractivity contribution in [1.29, 1.82) is 0 Å². The summed E-state index contributed by atoms with van der Waals surface area (Å²) in [5.41, 5.74) is 6.33. The van der Waals surface area contributed by atoms with Gasteiger partial charge in [-0.1, -0.05) is 60.7 Å². The number of nitrogens with zero attached hydrogens (tertiary/aromatic N) is 2. The number of carbonyl (C=O) groups is 2. The summed E-state index contributed by atoms with van der Waals surface area (Å²) in [6, 6.07) is 23.1. The molecule has 0 spiro atoms. The van der Waals surface area contributed by atoms with Crippen molar-refractivity contribution in [2.75, 3.05) is 14.2 Å². The van der Waals surface area contributed by atoms with E-state index in [2.05, 4.69) is 37.1 Å². The van der Waals surface area contributed by atoms with Crippen molar-refractivity contribution in [2.24, 2.45) is 0 Å². The zero-order valence-corrected chi connectivity index (χ0v) is 19.0. The minimum Gasteiger partial charge on any atom is -0.465 e. The van der Waals surface area contributed by atoms with Crippen molar-refractivity contribution >= 4 is 11.9 Å². The number of aryl methyl sites for hydroxylation is 2. The Morgan fingerprint density at radius 2 is 1.33 bits per heavy atom. The van der Waals surface area contributed by atoms with E-state index in [1.54, 1.807) is 12.1 Å². The predicted octanol–water partition coefficient (Wildman–Crippen LogP) is 5.40. The molecule has 0 amide bonds. The van der Waals surface area contributed by atoms with Crippen molar-refractivity contribution < 1.29 is 19.1 Å². The largest absolute Gasteiger partial charge is 0.465 e. The number of benzene rings is 3. The summed E-state index contributed by atoms with van der Waals surface area (Å²) in [5, 5.41) is 4.63. The second-order valence-electron chi connectivity index (χ2n) is 7.68. The fourth-order valence-electron chi connectivity index (χ4n) is 3.70. The van der Waals surface area contributed by atoms with Gasteiger partial charge in [0.1, 0.15) is 11.3 Å². The minimum absolute atomic E-state index is 0.0174. The Hall–Kier alpha value is -4.19. The molecule has 0 N–H and O–H groups in total. The third-order valence-electron chi connectivity index (χ3n) is 5.65. The SMILES string of the molecule is COC(=O)c1c(-c2ccc(-c3ccc(C)c(C)c3)cc2)nn(-c2ccccc2)c1C(=O)OC. The molecule has 0 saturated heterocycles. The molecule has 0 aliphatic carbocycles. The molecule has 0 unspecified atom stereocenters. The van der Waals surface area contributed by atoms with Crippen LogP contribution in [0.1, 0.15) is 32.0 Å². The van der Waals surface area contributed by atoms with Crippen molar-refractivity contribution in [3.63, 3.8) is 0 Å². The van der Waals surface area contributed by atoms with Crippen LogP contribution >= 0.6 is 0 Å². The average molecular weight is 440 g/mol. The third kappa shape index (κ3) is 4.15. The molecule has 166 valence electrons. The van der Waals surface area contributed by atoms with Gasteiger partial charge in [-0.25, -0.2) is 14.3 Å². The maximum atomic E-state index is 12.8. The maximum Gasteiger partial charge on any atom is 0.357 e. The summed E-state index contributed by atoms with van der Waals surface area (Å²) < 4.78 is 11.4. The first-order valence-electron chi connectivity index (χ1n) is 10.5. The molecule has 3 aromatic carbocycles. The summed E-state index contributed by atoms with van der Waals surface area (Å²) in [4.78, 5) is 25.5. The highest BCUT2D eigenvalue weighted by Gasteiger charge is 2.31. The zero-order valence-electron chi connectivity index (χ0n) is 19.0. The van der Waals surface area contributed by atoms with Crippen molar-refractivity contribution in [3.8, 4) is 28.1 Å². The van der Waals surface area contributed by atoms with E-state index in [4.69, 9.17) is 9.47 Å². The fraction of sp³-hybridized carbons (Fsp3) is 0.148. The van der Waals surface area contributed by atoms with Gasteiger partial charge in [0.25, 0.3) is 0 Å². The van der Waals surface area contributed by atoms with Crippen LogP contribution in [0.4, 0.5) is 0 Å². The summed E-state index contributed by atoms with van der Waals surface area (Å²) >= 11 is 0. The van der Waals surface area contributed by atoms with E-state index in [1.165, 1.54) is 30.0 Å². The highest BCUT2D eigenvalue weighted by molar-refractivity contribution is 6.06. The number of hydrogen-bond donors (Lipinski definition) is 0. The highest BCUT2D eigenvalue weighted by Crippen LogP contribution is 2.31. The summed E-state index contributed by atoms with van der Waals surface area (Å²) in [5.74, 6) is -1.34. The van der Waals surface area contributed by atoms with E-state index in [9.17, 15) is 9.59 Å². The molecule has 6 nitrogen and oxygen atoms in total. The molecule has 0 atom stereocenters. The lowest BCUT2D eigenvalue weighted by molar-refractivity contribution is 0.0549. The molecular formula is C27H24N2O4. The Balaban J connectivity index is 1.88. The lowest BCUT2D eigenvalue weighted by atomic mass is 9.98. The Morgan fingerprint density at radius 1 is 0.727 bits per heavy atom. The molecule has 33 heavy (non-hydrogen) atoms. The maximum absolute atomic E-state index is 12.8. The van der Waals surface area contributed by atoms with Crippen molar-refractivity contribution in [3.05, 3.63) is 95.2 Å². The molecular weight excluding hydrogens is 416 g/mol. The zero-order chi connectivity index (χ0) is 23.5. The number of rotatable bonds is 5. The van der Waals surface area contributed by atoms with Crippen LogP contribution < -0.4 is 0 Å². The minimum atomic E-state index is -0.676. The Morgan fingerprint density at radius 3 is 1.94 bits per heavy atom. The lowest BCUT2D eigenvalue weighted by Crippen LogP contribution is -2.15. The van der Waals surface area contributed by atoms with E-state index >= 15 is 0 Å². The number of ether oxygens (including phenoxy) is 2. The summed E-state index contributed by atoms with van der Waals surface area (Å²) in [6.07, 6.45) is 0. The van der Waals surface area contributed by atoms with Gasteiger partial charge in [0, 0.05) is 5.56 Å². The smallest absolute Gasteiger partial charge is 0.357 e. The quantitative estimate of drug-likeness (QED) is 0.389. The molecule has 6 heteroatoms. The summed E-state index contributed by atoms with van der Waals surface area (Å²) in [7, 11) is 2.54.